The number of hydrogen-bond donors (Lipinski definition) is 3. The van der Waals surface area contributed by atoms with Crippen LogP contribution in [-0.4, -0.2) is 78.2 Å². The molecule has 0 aromatic carbocycles. The molecule has 0 bridgehead atoms. The number of halogens is 1. The van der Waals surface area contributed by atoms with Gasteiger partial charge in [0.15, 0.2) is 5.01 Å². The molecule has 2 heterocycles. The highest BCUT2D eigenvalue weighted by Gasteiger charge is 2.37. The van der Waals surface area contributed by atoms with Crippen LogP contribution in [0.3, 0.4) is 0 Å². The van der Waals surface area contributed by atoms with E-state index in [0.717, 1.165) is 30.1 Å². The predicted octanol–water partition coefficient (Wildman–Crippen LogP) is -0.100. The maximum absolute atomic E-state index is 13.0. The molecular formula is C20H31ClN6O4S. The zero-order valence-corrected chi connectivity index (χ0v) is 20.2. The SMILES string of the molecule is CN1CCc2nc(C(=O)N[C@@H]3C[C@@H](C(=O)N(C)C)CC[C@@H]3NC(=O)CC(N)=O)sc2C1.Cl. The Morgan fingerprint density at radius 2 is 1.91 bits per heavy atom. The smallest absolute Gasteiger partial charge is 0.280 e. The fourth-order valence-electron chi connectivity index (χ4n) is 4.16. The molecular weight excluding hydrogens is 456 g/mol. The molecule has 0 spiro atoms. The average Bonchev–Trinajstić information content (AvgIpc) is 3.11. The molecule has 1 fully saturated rings. The molecule has 2 aliphatic rings. The Hall–Kier alpha value is -2.24. The van der Waals surface area contributed by atoms with Crippen LogP contribution in [0.25, 0.3) is 0 Å². The first-order chi connectivity index (χ1) is 14.6. The molecule has 0 saturated heterocycles. The molecule has 3 atom stereocenters. The zero-order chi connectivity index (χ0) is 22.7. The van der Waals surface area contributed by atoms with Crippen LogP contribution in [-0.2, 0) is 27.3 Å². The van der Waals surface area contributed by atoms with Crippen LogP contribution in [0.1, 0.15) is 46.1 Å². The van der Waals surface area contributed by atoms with Crippen LogP contribution in [0.15, 0.2) is 0 Å². The molecule has 178 valence electrons. The normalized spacial score (nSPS) is 22.8. The predicted molar refractivity (Wildman–Crippen MR) is 122 cm³/mol. The molecule has 1 saturated carbocycles. The summed E-state index contributed by atoms with van der Waals surface area (Å²) in [4.78, 5) is 58.0. The van der Waals surface area contributed by atoms with Gasteiger partial charge in [0, 0.05) is 50.4 Å². The molecule has 1 aromatic heterocycles. The lowest BCUT2D eigenvalue weighted by Gasteiger charge is -2.37. The summed E-state index contributed by atoms with van der Waals surface area (Å²) in [5.41, 5.74) is 6.07. The van der Waals surface area contributed by atoms with Gasteiger partial charge < -0.3 is 26.2 Å². The van der Waals surface area contributed by atoms with Crippen molar-refractivity contribution in [1.29, 1.82) is 0 Å². The van der Waals surface area contributed by atoms with E-state index >= 15 is 0 Å². The Morgan fingerprint density at radius 3 is 2.56 bits per heavy atom. The summed E-state index contributed by atoms with van der Waals surface area (Å²) in [5, 5.41) is 6.17. The highest BCUT2D eigenvalue weighted by atomic mass is 35.5. The van der Waals surface area contributed by atoms with E-state index in [9.17, 15) is 19.2 Å². The van der Waals surface area contributed by atoms with E-state index in [1.807, 2.05) is 7.05 Å². The number of nitrogens with one attached hydrogen (secondary N) is 2. The molecule has 10 nitrogen and oxygen atoms in total. The summed E-state index contributed by atoms with van der Waals surface area (Å²) in [6.07, 6.45) is 1.90. The molecule has 12 heteroatoms. The van der Waals surface area contributed by atoms with E-state index in [0.29, 0.717) is 24.3 Å². The number of nitrogens with two attached hydrogens (primary N) is 1. The van der Waals surface area contributed by atoms with Gasteiger partial charge in [-0.2, -0.15) is 0 Å². The summed E-state index contributed by atoms with van der Waals surface area (Å²) in [6.45, 7) is 1.68. The van der Waals surface area contributed by atoms with Crippen molar-refractivity contribution in [1.82, 2.24) is 25.4 Å². The van der Waals surface area contributed by atoms with Crippen LogP contribution < -0.4 is 16.4 Å². The first-order valence-corrected chi connectivity index (χ1v) is 11.2. The van der Waals surface area contributed by atoms with Crippen molar-refractivity contribution in [3.63, 3.8) is 0 Å². The minimum atomic E-state index is -0.715. The highest BCUT2D eigenvalue weighted by Crippen LogP contribution is 2.28. The fraction of sp³-hybridized carbons (Fsp3) is 0.650. The van der Waals surface area contributed by atoms with E-state index in [1.54, 1.807) is 19.0 Å². The van der Waals surface area contributed by atoms with E-state index in [2.05, 4.69) is 20.5 Å². The number of fused-ring (bicyclic) bond motifs is 1. The third-order valence-electron chi connectivity index (χ3n) is 5.75. The third-order valence-corrected chi connectivity index (χ3v) is 6.84. The van der Waals surface area contributed by atoms with Crippen molar-refractivity contribution in [2.45, 2.75) is 50.7 Å². The molecule has 1 aliphatic heterocycles. The van der Waals surface area contributed by atoms with Crippen molar-refractivity contribution in [2.24, 2.45) is 11.7 Å². The number of carbonyl (C=O) groups is 4. The maximum atomic E-state index is 13.0. The number of carbonyl (C=O) groups excluding carboxylic acids is 4. The quantitative estimate of drug-likeness (QED) is 0.480. The zero-order valence-electron chi connectivity index (χ0n) is 18.6. The first-order valence-electron chi connectivity index (χ1n) is 10.4. The van der Waals surface area contributed by atoms with Crippen molar-refractivity contribution >= 4 is 47.4 Å². The number of primary amides is 1. The molecule has 4 N–H and O–H groups in total. The summed E-state index contributed by atoms with van der Waals surface area (Å²) in [7, 11) is 5.44. The van der Waals surface area contributed by atoms with Gasteiger partial charge in [-0.05, 0) is 26.3 Å². The van der Waals surface area contributed by atoms with Gasteiger partial charge in [-0.15, -0.1) is 23.7 Å². The Balaban J connectivity index is 0.00000363. The van der Waals surface area contributed by atoms with E-state index in [1.165, 1.54) is 11.3 Å². The second-order valence-corrected chi connectivity index (χ2v) is 9.60. The molecule has 3 rings (SSSR count). The Bertz CT molecular complexity index is 876. The number of thiazole rings is 1. The Kier molecular flexibility index (Phi) is 8.99. The van der Waals surface area contributed by atoms with Gasteiger partial charge in [0.05, 0.1) is 11.7 Å². The molecule has 4 amide bonds. The lowest BCUT2D eigenvalue weighted by Crippen LogP contribution is -2.56. The maximum Gasteiger partial charge on any atom is 0.280 e. The third kappa shape index (κ3) is 6.39. The number of aromatic nitrogens is 1. The summed E-state index contributed by atoms with van der Waals surface area (Å²) < 4.78 is 0. The first kappa shape index (κ1) is 26.0. The van der Waals surface area contributed by atoms with Crippen LogP contribution >= 0.6 is 23.7 Å². The van der Waals surface area contributed by atoms with Gasteiger partial charge in [0.1, 0.15) is 6.42 Å². The standard InChI is InChI=1S/C20H30N6O4S.ClH/c1-25(2)20(30)11-4-5-12(22-17(28)9-16(21)27)14(8-11)23-18(29)19-24-13-6-7-26(3)10-15(13)31-19;/h11-12,14H,4-10H2,1-3H3,(H2,21,27)(H,22,28)(H,23,29);1H/t11-,12-,14+;/m0./s1. The minimum absolute atomic E-state index is 0. The molecule has 32 heavy (non-hydrogen) atoms. The number of likely N-dealkylation sites (N-methyl/N-ethyl adjacent to an activating group) is 1. The van der Waals surface area contributed by atoms with Gasteiger partial charge in [-0.25, -0.2) is 4.98 Å². The summed E-state index contributed by atoms with van der Waals surface area (Å²) in [6, 6.07) is -0.835. The molecule has 0 unspecified atom stereocenters. The Morgan fingerprint density at radius 1 is 1.19 bits per heavy atom. The number of hydrogen-bond acceptors (Lipinski definition) is 7. The lowest BCUT2D eigenvalue weighted by atomic mass is 9.81. The van der Waals surface area contributed by atoms with Gasteiger partial charge in [-0.1, -0.05) is 0 Å². The van der Waals surface area contributed by atoms with Crippen LogP contribution in [0.5, 0.6) is 0 Å². The van der Waals surface area contributed by atoms with E-state index in [4.69, 9.17) is 5.73 Å². The average molecular weight is 487 g/mol. The van der Waals surface area contributed by atoms with Crippen LogP contribution in [0.4, 0.5) is 0 Å². The minimum Gasteiger partial charge on any atom is -0.369 e. The molecule has 1 aliphatic carbocycles. The van der Waals surface area contributed by atoms with Gasteiger partial charge in [0.25, 0.3) is 5.91 Å². The largest absolute Gasteiger partial charge is 0.369 e. The van der Waals surface area contributed by atoms with Crippen molar-refractivity contribution < 1.29 is 19.2 Å². The van der Waals surface area contributed by atoms with Crippen molar-refractivity contribution in [2.75, 3.05) is 27.7 Å². The van der Waals surface area contributed by atoms with Crippen molar-refractivity contribution in [3.8, 4) is 0 Å². The summed E-state index contributed by atoms with van der Waals surface area (Å²) >= 11 is 1.38. The highest BCUT2D eigenvalue weighted by molar-refractivity contribution is 7.13. The number of amides is 4. The summed E-state index contributed by atoms with van der Waals surface area (Å²) in [5.74, 6) is -1.76. The van der Waals surface area contributed by atoms with Crippen LogP contribution in [0.2, 0.25) is 0 Å². The molecule has 0 radical (unpaired) electrons. The fourth-order valence-corrected chi connectivity index (χ4v) is 5.25. The van der Waals surface area contributed by atoms with Crippen molar-refractivity contribution in [3.05, 3.63) is 15.6 Å². The topological polar surface area (TPSA) is 138 Å². The van der Waals surface area contributed by atoms with E-state index < -0.39 is 24.3 Å². The monoisotopic (exact) mass is 486 g/mol. The second kappa shape index (κ2) is 11.1. The second-order valence-electron chi connectivity index (χ2n) is 8.52. The van der Waals surface area contributed by atoms with Gasteiger partial charge >= 0.3 is 0 Å². The van der Waals surface area contributed by atoms with E-state index in [-0.39, 0.29) is 36.2 Å². The van der Waals surface area contributed by atoms with Gasteiger partial charge in [0.2, 0.25) is 17.7 Å². The number of rotatable bonds is 6. The van der Waals surface area contributed by atoms with Gasteiger partial charge in [-0.3, -0.25) is 19.2 Å². The Labute approximate surface area is 197 Å². The lowest BCUT2D eigenvalue weighted by molar-refractivity contribution is -0.134. The molecule has 1 aromatic rings. The van der Waals surface area contributed by atoms with Crippen LogP contribution in [0, 0.1) is 5.92 Å². The number of nitrogens with zero attached hydrogens (tertiary/aromatic N) is 3.